The van der Waals surface area contributed by atoms with E-state index in [0.717, 1.165) is 56.9 Å². The van der Waals surface area contributed by atoms with Crippen LogP contribution in [0.5, 0.6) is 0 Å². The fourth-order valence-electron chi connectivity index (χ4n) is 6.00. The topological polar surface area (TPSA) is 157 Å². The Bertz CT molecular complexity index is 1930. The second kappa shape index (κ2) is 17.6. The second-order valence-corrected chi connectivity index (χ2v) is 12.4. The number of H-pyrrole nitrogens is 1. The average Bonchev–Trinajstić information content (AvgIpc) is 3.58. The number of aromatic nitrogens is 2. The highest BCUT2D eigenvalue weighted by molar-refractivity contribution is 6.06. The number of allylic oxidation sites excluding steroid dienone is 1. The van der Waals surface area contributed by atoms with Crippen molar-refractivity contribution in [2.24, 2.45) is 0 Å². The van der Waals surface area contributed by atoms with Gasteiger partial charge in [-0.3, -0.25) is 4.79 Å². The summed E-state index contributed by atoms with van der Waals surface area (Å²) in [5.41, 5.74) is 10.5. The van der Waals surface area contributed by atoms with Crippen molar-refractivity contribution in [2.45, 2.75) is 27.2 Å². The molecule has 1 aromatic heterocycles. The number of aryl methyl sites for hydroxylation is 1. The van der Waals surface area contributed by atoms with Crippen LogP contribution in [-0.4, -0.2) is 88.9 Å². The van der Waals surface area contributed by atoms with E-state index in [1.165, 1.54) is 5.57 Å². The normalized spacial score (nSPS) is 11.7. The standard InChI is InChI=1S/C40H48N6O5/c1-4-27(2)38(29-5-11-33(12-6-29)45(17-21-47)18-22-48)42-35-16-10-32(25-28(35)3)41-40(51)31-9-15-36-37(26-31)44-39(43-36)30-7-13-34(14-8-30)46(19-23-49)20-24-50/h5-16,25-26,42,47-50H,4,17-24H2,1-3H3,(H,41,51)(H,43,44). The van der Waals surface area contributed by atoms with Crippen molar-refractivity contribution < 1.29 is 25.2 Å². The molecule has 0 aliphatic heterocycles. The van der Waals surface area contributed by atoms with Crippen LogP contribution in [0.2, 0.25) is 0 Å². The van der Waals surface area contributed by atoms with E-state index in [1.807, 2.05) is 89.5 Å². The van der Waals surface area contributed by atoms with Gasteiger partial charge in [0.05, 0.1) is 37.5 Å². The van der Waals surface area contributed by atoms with Crippen LogP contribution < -0.4 is 20.4 Å². The molecule has 0 saturated carbocycles. The van der Waals surface area contributed by atoms with Crippen LogP contribution >= 0.6 is 0 Å². The number of rotatable bonds is 17. The Labute approximate surface area is 298 Å². The smallest absolute Gasteiger partial charge is 0.255 e. The van der Waals surface area contributed by atoms with Crippen LogP contribution in [0.15, 0.2) is 90.5 Å². The zero-order valence-electron chi connectivity index (χ0n) is 29.5. The highest BCUT2D eigenvalue weighted by Crippen LogP contribution is 2.29. The lowest BCUT2D eigenvalue weighted by molar-refractivity contribution is 0.102. The predicted octanol–water partition coefficient (Wildman–Crippen LogP) is 5.63. The Balaban J connectivity index is 1.28. The monoisotopic (exact) mass is 692 g/mol. The molecule has 0 bridgehead atoms. The molecule has 11 heteroatoms. The van der Waals surface area contributed by atoms with Crippen molar-refractivity contribution in [3.8, 4) is 11.4 Å². The molecule has 7 N–H and O–H groups in total. The largest absolute Gasteiger partial charge is 0.395 e. The summed E-state index contributed by atoms with van der Waals surface area (Å²) in [6, 6.07) is 27.0. The zero-order valence-corrected chi connectivity index (χ0v) is 29.5. The number of carbonyl (C=O) groups excluding carboxylic acids is 1. The number of anilines is 4. The number of aromatic amines is 1. The Morgan fingerprint density at radius 1 is 0.725 bits per heavy atom. The third-order valence-electron chi connectivity index (χ3n) is 8.95. The summed E-state index contributed by atoms with van der Waals surface area (Å²) < 4.78 is 0. The minimum Gasteiger partial charge on any atom is -0.395 e. The first-order valence-electron chi connectivity index (χ1n) is 17.3. The maximum Gasteiger partial charge on any atom is 0.255 e. The lowest BCUT2D eigenvalue weighted by Gasteiger charge is -2.24. The number of amides is 1. The number of hydrogen-bond acceptors (Lipinski definition) is 9. The van der Waals surface area contributed by atoms with Gasteiger partial charge in [0, 0.05) is 65.8 Å². The van der Waals surface area contributed by atoms with E-state index in [0.29, 0.717) is 43.3 Å². The van der Waals surface area contributed by atoms with Gasteiger partial charge in [-0.15, -0.1) is 0 Å². The SMILES string of the molecule is CCC(C)=C(Nc1ccc(NC(=O)c2ccc3nc(-c4ccc(N(CCO)CCO)cc4)[nH]c3c2)cc1C)c1ccc(N(CCO)CCO)cc1. The first kappa shape index (κ1) is 37.1. The number of fused-ring (bicyclic) bond motifs is 1. The van der Waals surface area contributed by atoms with E-state index >= 15 is 0 Å². The molecule has 0 fully saturated rings. The molecule has 268 valence electrons. The number of nitrogens with zero attached hydrogens (tertiary/aromatic N) is 3. The van der Waals surface area contributed by atoms with Crippen molar-refractivity contribution in [1.82, 2.24) is 9.97 Å². The Hall–Kier alpha value is -5.20. The van der Waals surface area contributed by atoms with Gasteiger partial charge in [0.15, 0.2) is 0 Å². The van der Waals surface area contributed by atoms with Crippen LogP contribution in [-0.2, 0) is 0 Å². The third kappa shape index (κ3) is 9.13. The van der Waals surface area contributed by atoms with Gasteiger partial charge in [-0.25, -0.2) is 4.98 Å². The van der Waals surface area contributed by atoms with Gasteiger partial charge in [-0.2, -0.15) is 0 Å². The molecule has 5 aromatic rings. The summed E-state index contributed by atoms with van der Waals surface area (Å²) in [7, 11) is 0. The number of carbonyl (C=O) groups is 1. The molecule has 11 nitrogen and oxygen atoms in total. The predicted molar refractivity (Wildman–Crippen MR) is 206 cm³/mol. The molecule has 1 heterocycles. The van der Waals surface area contributed by atoms with E-state index in [1.54, 1.807) is 12.1 Å². The van der Waals surface area contributed by atoms with Gasteiger partial charge in [-0.1, -0.05) is 19.1 Å². The molecular formula is C40H48N6O5. The second-order valence-electron chi connectivity index (χ2n) is 12.4. The van der Waals surface area contributed by atoms with E-state index in [-0.39, 0.29) is 32.3 Å². The zero-order chi connectivity index (χ0) is 36.3. The van der Waals surface area contributed by atoms with Crippen LogP contribution in [0.4, 0.5) is 22.7 Å². The molecule has 0 radical (unpaired) electrons. The van der Waals surface area contributed by atoms with Crippen molar-refractivity contribution in [3.05, 3.63) is 107 Å². The highest BCUT2D eigenvalue weighted by atomic mass is 16.3. The van der Waals surface area contributed by atoms with E-state index < -0.39 is 0 Å². The molecule has 0 spiro atoms. The molecule has 0 atom stereocenters. The summed E-state index contributed by atoms with van der Waals surface area (Å²) in [6.45, 7) is 8.01. The molecule has 5 rings (SSSR count). The Morgan fingerprint density at radius 2 is 1.29 bits per heavy atom. The quantitative estimate of drug-likeness (QED) is 0.0657. The molecule has 1 amide bonds. The number of aliphatic hydroxyl groups excluding tert-OH is 4. The molecule has 0 aliphatic carbocycles. The first-order valence-corrected chi connectivity index (χ1v) is 17.3. The van der Waals surface area contributed by atoms with E-state index in [2.05, 4.69) is 29.5 Å². The molecule has 4 aromatic carbocycles. The summed E-state index contributed by atoms with van der Waals surface area (Å²) in [5, 5.41) is 44.2. The number of aliphatic hydroxyl groups is 4. The van der Waals surface area contributed by atoms with Gasteiger partial charge in [-0.05, 0) is 110 Å². The number of benzene rings is 4. The van der Waals surface area contributed by atoms with Crippen molar-refractivity contribution >= 4 is 45.4 Å². The van der Waals surface area contributed by atoms with Crippen LogP contribution in [0.1, 0.15) is 41.8 Å². The van der Waals surface area contributed by atoms with Crippen LogP contribution in [0.25, 0.3) is 28.1 Å². The third-order valence-corrected chi connectivity index (χ3v) is 8.95. The molecule has 51 heavy (non-hydrogen) atoms. The summed E-state index contributed by atoms with van der Waals surface area (Å²) in [6.07, 6.45) is 0.864. The minimum atomic E-state index is -0.232. The molecule has 0 aliphatic rings. The fourth-order valence-corrected chi connectivity index (χ4v) is 6.00. The average molecular weight is 693 g/mol. The molecule has 0 unspecified atom stereocenters. The Kier molecular flexibility index (Phi) is 12.8. The number of imidazole rings is 1. The van der Waals surface area contributed by atoms with E-state index in [4.69, 9.17) is 4.98 Å². The van der Waals surface area contributed by atoms with Crippen LogP contribution in [0, 0.1) is 6.92 Å². The Morgan fingerprint density at radius 3 is 1.84 bits per heavy atom. The van der Waals surface area contributed by atoms with Gasteiger partial charge < -0.3 is 45.8 Å². The van der Waals surface area contributed by atoms with Gasteiger partial charge in [0.1, 0.15) is 5.82 Å². The minimum absolute atomic E-state index is 0.00245. The maximum atomic E-state index is 13.3. The lowest BCUT2D eigenvalue weighted by Crippen LogP contribution is -2.29. The summed E-state index contributed by atoms with van der Waals surface area (Å²) in [5.74, 6) is 0.445. The number of hydrogen-bond donors (Lipinski definition) is 7. The van der Waals surface area contributed by atoms with Crippen LogP contribution in [0.3, 0.4) is 0 Å². The van der Waals surface area contributed by atoms with Crippen molar-refractivity contribution in [1.29, 1.82) is 0 Å². The highest BCUT2D eigenvalue weighted by Gasteiger charge is 2.14. The maximum absolute atomic E-state index is 13.3. The first-order chi connectivity index (χ1) is 24.8. The lowest BCUT2D eigenvalue weighted by atomic mass is 10.0. The van der Waals surface area contributed by atoms with Crippen molar-refractivity contribution in [2.75, 3.05) is 73.0 Å². The fraction of sp³-hybridized carbons (Fsp3) is 0.300. The number of nitrogens with one attached hydrogen (secondary N) is 3. The van der Waals surface area contributed by atoms with Gasteiger partial charge in [0.2, 0.25) is 0 Å². The molecular weight excluding hydrogens is 644 g/mol. The summed E-state index contributed by atoms with van der Waals surface area (Å²) >= 11 is 0. The van der Waals surface area contributed by atoms with Gasteiger partial charge >= 0.3 is 0 Å². The summed E-state index contributed by atoms with van der Waals surface area (Å²) in [4.78, 5) is 25.3. The van der Waals surface area contributed by atoms with Gasteiger partial charge in [0.25, 0.3) is 5.91 Å². The van der Waals surface area contributed by atoms with Crippen molar-refractivity contribution in [3.63, 3.8) is 0 Å². The van der Waals surface area contributed by atoms with E-state index in [9.17, 15) is 25.2 Å². The molecule has 0 saturated heterocycles.